The number of fused-ring (bicyclic) bond motifs is 2. The van der Waals surface area contributed by atoms with Gasteiger partial charge in [0, 0.05) is 37.3 Å². The second-order valence-electron chi connectivity index (χ2n) is 21.6. The van der Waals surface area contributed by atoms with Crippen molar-refractivity contribution in [2.24, 2.45) is 74.9 Å². The first-order chi connectivity index (χ1) is 26.6. The predicted molar refractivity (Wildman–Crippen MR) is 236 cm³/mol. The van der Waals surface area contributed by atoms with Crippen molar-refractivity contribution in [3.63, 3.8) is 0 Å². The van der Waals surface area contributed by atoms with E-state index >= 15 is 0 Å². The quantitative estimate of drug-likeness (QED) is 0.130. The van der Waals surface area contributed by atoms with Crippen LogP contribution in [0.2, 0.25) is 0 Å². The molecule has 58 heavy (non-hydrogen) atoms. The Balaban J connectivity index is 0.000000214. The lowest BCUT2D eigenvalue weighted by atomic mass is 9.47. The predicted octanol–water partition coefficient (Wildman–Crippen LogP) is 8.94. The van der Waals surface area contributed by atoms with E-state index in [1.165, 1.54) is 12.0 Å². The number of aliphatic hydroxyl groups is 7. The number of hydrogen-bond acceptors (Lipinski definition) is 7. The van der Waals surface area contributed by atoms with Crippen LogP contribution in [0.15, 0.2) is 47.6 Å². The van der Waals surface area contributed by atoms with Crippen molar-refractivity contribution < 1.29 is 35.7 Å². The van der Waals surface area contributed by atoms with Gasteiger partial charge in [0.2, 0.25) is 0 Å². The van der Waals surface area contributed by atoms with Gasteiger partial charge < -0.3 is 35.7 Å². The summed E-state index contributed by atoms with van der Waals surface area (Å²) in [6.45, 7) is 12.2. The Kier molecular flexibility index (Phi) is 14.7. The summed E-state index contributed by atoms with van der Waals surface area (Å²) in [5.41, 5.74) is 0.530. The maximum Gasteiger partial charge on any atom is 0.0918 e. The first-order valence-electron chi connectivity index (χ1n) is 22.9. The van der Waals surface area contributed by atoms with Crippen molar-refractivity contribution in [1.82, 2.24) is 0 Å². The van der Waals surface area contributed by atoms with Gasteiger partial charge in [0.05, 0.1) is 17.3 Å². The normalized spacial score (nSPS) is 49.4. The van der Waals surface area contributed by atoms with Gasteiger partial charge in [-0.15, -0.1) is 0 Å². The molecule has 7 nitrogen and oxygen atoms in total. The minimum Gasteiger partial charge on any atom is -0.396 e. The van der Waals surface area contributed by atoms with Gasteiger partial charge in [-0.2, -0.15) is 0 Å². The molecule has 0 bridgehead atoms. The second-order valence-corrected chi connectivity index (χ2v) is 21.6. The SMILES string of the molecule is C.C.C[C@H]1CC[C@](C)([C@H]2CC[C@@]3(C)[C@@H](CC[C@@]3(O)C3=CC=CC3)[C@@H]2CO)[C@@H](CO)C1.C[C@]1([C@H]2CC[C@@]3(C)[C@@H](CC[C@@]3(O)C3=CC=CC3)[C@@H]2CO)CC[C@H](O)C[C@@H]1CO. The Morgan fingerprint density at radius 1 is 0.534 bits per heavy atom. The number of aliphatic hydroxyl groups excluding tert-OH is 5. The second kappa shape index (κ2) is 17.8. The molecule has 7 heteroatoms. The van der Waals surface area contributed by atoms with E-state index in [0.29, 0.717) is 41.9 Å². The van der Waals surface area contributed by atoms with Crippen LogP contribution in [0, 0.1) is 74.9 Å². The van der Waals surface area contributed by atoms with Gasteiger partial charge in [-0.25, -0.2) is 0 Å². The lowest BCUT2D eigenvalue weighted by Crippen LogP contribution is -2.56. The number of hydrogen-bond donors (Lipinski definition) is 7. The third kappa shape index (κ3) is 7.32. The highest BCUT2D eigenvalue weighted by molar-refractivity contribution is 5.37. The molecule has 0 aromatic heterocycles. The molecule has 16 atom stereocenters. The molecule has 332 valence electrons. The maximum atomic E-state index is 11.8. The highest BCUT2D eigenvalue weighted by Crippen LogP contribution is 2.68. The van der Waals surface area contributed by atoms with Crippen molar-refractivity contribution in [3.8, 4) is 0 Å². The van der Waals surface area contributed by atoms with Gasteiger partial charge in [-0.1, -0.05) is 92.3 Å². The zero-order valence-corrected chi connectivity index (χ0v) is 35.5. The highest BCUT2D eigenvalue weighted by atomic mass is 16.3. The van der Waals surface area contributed by atoms with Gasteiger partial charge in [0.25, 0.3) is 0 Å². The Morgan fingerprint density at radius 2 is 0.948 bits per heavy atom. The van der Waals surface area contributed by atoms with Crippen molar-refractivity contribution in [2.75, 3.05) is 26.4 Å². The van der Waals surface area contributed by atoms with Crippen LogP contribution in [0.5, 0.6) is 0 Å². The molecule has 8 rings (SSSR count). The van der Waals surface area contributed by atoms with Crippen LogP contribution in [0.3, 0.4) is 0 Å². The average molecular weight is 811 g/mol. The molecule has 0 saturated heterocycles. The summed E-state index contributed by atoms with van der Waals surface area (Å²) in [6.07, 6.45) is 27.4. The topological polar surface area (TPSA) is 142 Å². The molecule has 0 aliphatic heterocycles. The summed E-state index contributed by atoms with van der Waals surface area (Å²) < 4.78 is 0. The molecule has 7 N–H and O–H groups in total. The Hall–Kier alpha value is -1.32. The van der Waals surface area contributed by atoms with Gasteiger partial charge in [0.1, 0.15) is 0 Å². The van der Waals surface area contributed by atoms with Crippen molar-refractivity contribution >= 4 is 0 Å². The number of allylic oxidation sites excluding steroid dienone is 6. The van der Waals surface area contributed by atoms with E-state index in [9.17, 15) is 35.7 Å². The van der Waals surface area contributed by atoms with E-state index < -0.39 is 11.2 Å². The van der Waals surface area contributed by atoms with E-state index in [2.05, 4.69) is 71.1 Å². The Labute approximate surface area is 353 Å². The monoisotopic (exact) mass is 811 g/mol. The molecule has 0 radical (unpaired) electrons. The summed E-state index contributed by atoms with van der Waals surface area (Å²) in [5.74, 6) is 2.92. The largest absolute Gasteiger partial charge is 0.396 e. The van der Waals surface area contributed by atoms with E-state index in [-0.39, 0.29) is 86.8 Å². The Bertz CT molecular complexity index is 1420. The molecule has 0 unspecified atom stereocenters. The minimum absolute atomic E-state index is 0. The first kappa shape index (κ1) is 47.7. The fourth-order valence-electron chi connectivity index (χ4n) is 15.9. The minimum atomic E-state index is -0.764. The average Bonchev–Trinajstić information content (AvgIpc) is 4.02. The van der Waals surface area contributed by atoms with Crippen LogP contribution >= 0.6 is 0 Å². The van der Waals surface area contributed by atoms with Crippen LogP contribution in [-0.4, -0.2) is 79.5 Å². The molecule has 0 spiro atoms. The molecule has 0 heterocycles. The van der Waals surface area contributed by atoms with Crippen molar-refractivity contribution in [3.05, 3.63) is 47.6 Å². The zero-order valence-electron chi connectivity index (χ0n) is 35.5. The summed E-state index contributed by atoms with van der Waals surface area (Å²) >= 11 is 0. The van der Waals surface area contributed by atoms with E-state index in [1.807, 2.05) is 0 Å². The fourth-order valence-corrected chi connectivity index (χ4v) is 15.9. The molecule has 0 amide bonds. The Morgan fingerprint density at radius 3 is 1.34 bits per heavy atom. The van der Waals surface area contributed by atoms with Gasteiger partial charge in [0.15, 0.2) is 0 Å². The third-order valence-electron chi connectivity index (χ3n) is 19.6. The first-order valence-corrected chi connectivity index (χ1v) is 22.9. The molecule has 0 aromatic carbocycles. The molecule has 6 saturated carbocycles. The summed E-state index contributed by atoms with van der Waals surface area (Å²) in [7, 11) is 0. The molecule has 0 aromatic rings. The van der Waals surface area contributed by atoms with E-state index in [1.54, 1.807) is 0 Å². The van der Waals surface area contributed by atoms with Crippen LogP contribution in [0.4, 0.5) is 0 Å². The van der Waals surface area contributed by atoms with Crippen molar-refractivity contribution in [2.45, 2.75) is 170 Å². The van der Waals surface area contributed by atoms with Crippen LogP contribution < -0.4 is 0 Å². The molecule has 8 aliphatic carbocycles. The maximum absolute atomic E-state index is 11.8. The molecule has 8 aliphatic rings. The lowest BCUT2D eigenvalue weighted by molar-refractivity contribution is -0.139. The van der Waals surface area contributed by atoms with Crippen LogP contribution in [0.1, 0.15) is 152 Å². The lowest BCUT2D eigenvalue weighted by Gasteiger charge is -2.58. The molecular formula is C51H86O7. The molecule has 6 fully saturated rings. The zero-order chi connectivity index (χ0) is 40.3. The molecular weight excluding hydrogens is 725 g/mol. The van der Waals surface area contributed by atoms with Crippen LogP contribution in [0.25, 0.3) is 0 Å². The third-order valence-corrected chi connectivity index (χ3v) is 19.6. The van der Waals surface area contributed by atoms with E-state index in [4.69, 9.17) is 0 Å². The van der Waals surface area contributed by atoms with Crippen LogP contribution in [-0.2, 0) is 0 Å². The van der Waals surface area contributed by atoms with Crippen molar-refractivity contribution in [1.29, 1.82) is 0 Å². The summed E-state index contributed by atoms with van der Waals surface area (Å²) in [5, 5.41) is 75.0. The van der Waals surface area contributed by atoms with Gasteiger partial charge in [-0.05, 0) is 172 Å². The summed E-state index contributed by atoms with van der Waals surface area (Å²) in [4.78, 5) is 0. The fraction of sp³-hybridized carbons (Fsp3) is 0.843. The van der Waals surface area contributed by atoms with E-state index in [0.717, 1.165) is 95.5 Å². The van der Waals surface area contributed by atoms with Gasteiger partial charge in [-0.3, -0.25) is 0 Å². The van der Waals surface area contributed by atoms with Gasteiger partial charge >= 0.3 is 0 Å². The number of rotatable bonds is 8. The standard InChI is InChI=1S/C25H40O3.C24H38O4.2CH4/c1-17-8-11-23(2,19(14-17)15-26)21-9-12-24(3)22(20(21)16-27)10-13-25(24,28)18-6-4-5-7-18;1-22(10-7-18(27)13-17(22)14-25)20-8-11-23(2)21(19(20)15-26)9-12-24(23,28)16-5-3-4-6-16;;/h4-6,17,19-22,26-28H,7-16H2,1-3H3;3-5,17-21,25-28H,6-15H2,1-2H3;2*1H4/t17-,19+,20+,21-,22-,23-,24-,25+;17-,18+,19-,20+,21+,22+,23+,24-;;/m01../s1. The highest BCUT2D eigenvalue weighted by Gasteiger charge is 2.66. The summed E-state index contributed by atoms with van der Waals surface area (Å²) in [6, 6.07) is 0. The smallest absolute Gasteiger partial charge is 0.0918 e.